The molecular formula is C16H16FN3S. The zero-order valence-electron chi connectivity index (χ0n) is 12.0. The van der Waals surface area contributed by atoms with Crippen LogP contribution in [-0.2, 0) is 5.54 Å². The summed E-state index contributed by atoms with van der Waals surface area (Å²) in [5, 5.41) is 0.501. The Bertz CT molecular complexity index is 674. The van der Waals surface area contributed by atoms with Crippen LogP contribution in [0.15, 0.2) is 41.9 Å². The molecule has 1 aliphatic rings. The van der Waals surface area contributed by atoms with Crippen molar-refractivity contribution in [3.8, 4) is 11.1 Å². The number of nitrogens with zero attached hydrogens (tertiary/aromatic N) is 3. The molecule has 0 bridgehead atoms. The summed E-state index contributed by atoms with van der Waals surface area (Å²) in [6.07, 6.45) is 5.63. The molecule has 0 amide bonds. The van der Waals surface area contributed by atoms with Gasteiger partial charge < -0.3 is 0 Å². The van der Waals surface area contributed by atoms with Crippen LogP contribution in [0.4, 0.5) is 4.39 Å². The number of hydrogen-bond acceptors (Lipinski definition) is 4. The number of thioether (sulfide) groups is 1. The summed E-state index contributed by atoms with van der Waals surface area (Å²) in [7, 11) is 0. The molecule has 0 fully saturated rings. The molecule has 2 atom stereocenters. The molecule has 1 aromatic heterocycles. The SMILES string of the molecule is C[C@@H]1C[C@@](C)(c2ccc(F)c(-c3cncnc3)c2)N=CS1. The van der Waals surface area contributed by atoms with E-state index in [-0.39, 0.29) is 11.4 Å². The Hall–Kier alpha value is -1.75. The van der Waals surface area contributed by atoms with Gasteiger partial charge in [-0.05, 0) is 31.0 Å². The van der Waals surface area contributed by atoms with Gasteiger partial charge in [0.1, 0.15) is 12.1 Å². The number of aromatic nitrogens is 2. The van der Waals surface area contributed by atoms with Crippen molar-refractivity contribution in [2.75, 3.05) is 0 Å². The largest absolute Gasteiger partial charge is 0.275 e. The highest BCUT2D eigenvalue weighted by molar-refractivity contribution is 8.12. The maximum Gasteiger partial charge on any atom is 0.131 e. The predicted molar refractivity (Wildman–Crippen MR) is 84.9 cm³/mol. The van der Waals surface area contributed by atoms with Gasteiger partial charge in [-0.2, -0.15) is 0 Å². The normalized spacial score (nSPS) is 25.0. The molecule has 0 saturated heterocycles. The molecule has 0 N–H and O–H groups in total. The van der Waals surface area contributed by atoms with E-state index in [1.54, 1.807) is 24.2 Å². The van der Waals surface area contributed by atoms with Gasteiger partial charge >= 0.3 is 0 Å². The molecule has 3 nitrogen and oxygen atoms in total. The fraction of sp³-hybridized carbons (Fsp3) is 0.312. The summed E-state index contributed by atoms with van der Waals surface area (Å²) in [4.78, 5) is 12.6. The monoisotopic (exact) mass is 301 g/mol. The van der Waals surface area contributed by atoms with Crippen LogP contribution in [0, 0.1) is 5.82 Å². The molecule has 0 saturated carbocycles. The van der Waals surface area contributed by atoms with Crippen molar-refractivity contribution >= 4 is 17.3 Å². The fourth-order valence-corrected chi connectivity index (χ4v) is 3.55. The summed E-state index contributed by atoms with van der Waals surface area (Å²) in [5.41, 5.74) is 3.83. The van der Waals surface area contributed by atoms with Crippen molar-refractivity contribution in [1.82, 2.24) is 9.97 Å². The number of benzene rings is 1. The Balaban J connectivity index is 2.06. The Morgan fingerprint density at radius 2 is 2.05 bits per heavy atom. The Morgan fingerprint density at radius 1 is 1.29 bits per heavy atom. The van der Waals surface area contributed by atoms with E-state index in [0.717, 1.165) is 12.0 Å². The van der Waals surface area contributed by atoms with Crippen LogP contribution in [0.5, 0.6) is 0 Å². The maximum atomic E-state index is 14.1. The first-order chi connectivity index (χ1) is 10.1. The average Bonchev–Trinajstić information content (AvgIpc) is 2.48. The first-order valence-corrected chi connectivity index (χ1v) is 7.77. The Labute approximate surface area is 127 Å². The average molecular weight is 301 g/mol. The van der Waals surface area contributed by atoms with E-state index >= 15 is 0 Å². The summed E-state index contributed by atoms with van der Waals surface area (Å²) in [6, 6.07) is 5.20. The summed E-state index contributed by atoms with van der Waals surface area (Å²) in [5.74, 6) is -0.264. The van der Waals surface area contributed by atoms with E-state index in [9.17, 15) is 4.39 Å². The van der Waals surface area contributed by atoms with Crippen LogP contribution in [0.3, 0.4) is 0 Å². The van der Waals surface area contributed by atoms with E-state index in [2.05, 4.69) is 28.8 Å². The minimum atomic E-state index is -0.303. The third kappa shape index (κ3) is 2.83. The van der Waals surface area contributed by atoms with E-state index in [1.807, 2.05) is 17.7 Å². The first-order valence-electron chi connectivity index (χ1n) is 6.83. The fourth-order valence-electron chi connectivity index (χ4n) is 2.62. The van der Waals surface area contributed by atoms with Crippen LogP contribution in [0.25, 0.3) is 11.1 Å². The van der Waals surface area contributed by atoms with Crippen molar-refractivity contribution in [2.45, 2.75) is 31.1 Å². The quantitative estimate of drug-likeness (QED) is 0.840. The standard InChI is InChI=1S/C16H16FN3S/c1-11-6-16(2,20-10-21-11)13-3-4-15(17)14(5-13)12-7-18-9-19-8-12/h3-5,7-11H,6H2,1-2H3/t11-,16+/m1/s1. The van der Waals surface area contributed by atoms with Crippen LogP contribution in [0.2, 0.25) is 0 Å². The van der Waals surface area contributed by atoms with Crippen molar-refractivity contribution in [3.05, 3.63) is 48.3 Å². The van der Waals surface area contributed by atoms with Crippen LogP contribution in [-0.4, -0.2) is 20.8 Å². The molecule has 1 aliphatic heterocycles. The Morgan fingerprint density at radius 3 is 2.76 bits per heavy atom. The van der Waals surface area contributed by atoms with Gasteiger partial charge in [0.05, 0.1) is 11.1 Å². The molecule has 1 aromatic carbocycles. The van der Waals surface area contributed by atoms with Gasteiger partial charge in [0.2, 0.25) is 0 Å². The second-order valence-corrected chi connectivity index (χ2v) is 6.77. The van der Waals surface area contributed by atoms with E-state index in [1.165, 1.54) is 12.4 Å². The molecule has 3 rings (SSSR count). The van der Waals surface area contributed by atoms with Crippen LogP contribution >= 0.6 is 11.8 Å². The molecular weight excluding hydrogens is 285 g/mol. The van der Waals surface area contributed by atoms with Crippen LogP contribution < -0.4 is 0 Å². The van der Waals surface area contributed by atoms with Gasteiger partial charge in [-0.1, -0.05) is 13.0 Å². The number of aliphatic imine (C=N–C) groups is 1. The first kappa shape index (κ1) is 14.2. The molecule has 2 aromatic rings. The molecule has 0 unspecified atom stereocenters. The lowest BCUT2D eigenvalue weighted by Crippen LogP contribution is -2.26. The van der Waals surface area contributed by atoms with Crippen molar-refractivity contribution in [1.29, 1.82) is 0 Å². The Kier molecular flexibility index (Phi) is 3.76. The van der Waals surface area contributed by atoms with Crippen molar-refractivity contribution in [3.63, 3.8) is 0 Å². The zero-order valence-corrected chi connectivity index (χ0v) is 12.8. The highest BCUT2D eigenvalue weighted by Crippen LogP contribution is 2.39. The maximum absolute atomic E-state index is 14.1. The number of hydrogen-bond donors (Lipinski definition) is 0. The minimum Gasteiger partial charge on any atom is -0.275 e. The third-order valence-electron chi connectivity index (χ3n) is 3.78. The van der Waals surface area contributed by atoms with Crippen LogP contribution in [0.1, 0.15) is 25.8 Å². The predicted octanol–water partition coefficient (Wildman–Crippen LogP) is 4.05. The second kappa shape index (κ2) is 5.56. The lowest BCUT2D eigenvalue weighted by Gasteiger charge is -2.32. The molecule has 0 spiro atoms. The van der Waals surface area contributed by atoms with E-state index < -0.39 is 0 Å². The molecule has 108 valence electrons. The number of rotatable bonds is 2. The lowest BCUT2D eigenvalue weighted by atomic mass is 9.86. The molecule has 0 aliphatic carbocycles. The topological polar surface area (TPSA) is 38.1 Å². The minimum absolute atomic E-state index is 0.264. The highest BCUT2D eigenvalue weighted by Gasteiger charge is 2.31. The van der Waals surface area contributed by atoms with Gasteiger partial charge in [0.25, 0.3) is 0 Å². The van der Waals surface area contributed by atoms with Crippen molar-refractivity contribution < 1.29 is 4.39 Å². The number of halogens is 1. The van der Waals surface area contributed by atoms with Gasteiger partial charge in [0, 0.05) is 28.8 Å². The third-order valence-corrected chi connectivity index (χ3v) is 4.63. The van der Waals surface area contributed by atoms with Gasteiger partial charge in [-0.15, -0.1) is 11.8 Å². The van der Waals surface area contributed by atoms with Gasteiger partial charge in [-0.25, -0.2) is 14.4 Å². The van der Waals surface area contributed by atoms with Crippen molar-refractivity contribution in [2.24, 2.45) is 4.99 Å². The second-order valence-electron chi connectivity index (χ2n) is 5.48. The molecule has 5 heteroatoms. The summed E-state index contributed by atoms with van der Waals surface area (Å²) >= 11 is 1.73. The molecule has 2 heterocycles. The highest BCUT2D eigenvalue weighted by atomic mass is 32.2. The molecule has 21 heavy (non-hydrogen) atoms. The summed E-state index contributed by atoms with van der Waals surface area (Å²) < 4.78 is 14.1. The lowest BCUT2D eigenvalue weighted by molar-refractivity contribution is 0.454. The van der Waals surface area contributed by atoms with Gasteiger partial charge in [0.15, 0.2) is 0 Å². The smallest absolute Gasteiger partial charge is 0.131 e. The summed E-state index contributed by atoms with van der Waals surface area (Å²) in [6.45, 7) is 4.28. The van der Waals surface area contributed by atoms with Gasteiger partial charge in [-0.3, -0.25) is 4.99 Å². The van der Waals surface area contributed by atoms with E-state index in [4.69, 9.17) is 0 Å². The van der Waals surface area contributed by atoms with E-state index in [0.29, 0.717) is 16.4 Å². The molecule has 0 radical (unpaired) electrons. The zero-order chi connectivity index (χ0) is 14.9.